The molecule has 0 saturated heterocycles. The highest BCUT2D eigenvalue weighted by atomic mass is 35.5. The molecule has 1 aromatic rings. The van der Waals surface area contributed by atoms with Gasteiger partial charge in [0, 0.05) is 4.91 Å². The van der Waals surface area contributed by atoms with Crippen LogP contribution in [-0.4, -0.2) is 6.61 Å². The van der Waals surface area contributed by atoms with Crippen molar-refractivity contribution in [3.63, 3.8) is 0 Å². The van der Waals surface area contributed by atoms with E-state index >= 15 is 0 Å². The smallest absolute Gasteiger partial charge is 0.176 e. The maximum atomic E-state index is 13.4. The van der Waals surface area contributed by atoms with Crippen molar-refractivity contribution in [1.82, 2.24) is 0 Å². The number of azide groups is 1. The molecule has 4 nitrogen and oxygen atoms in total. The standard InChI is InChI=1S/C8H7ClFN3O/c1-2-14-8-5(9)3-4-6(7(8)10)12-13-11/h3-4H,2H2,1H3. The number of benzene rings is 1. The monoisotopic (exact) mass is 215 g/mol. The minimum Gasteiger partial charge on any atom is -0.489 e. The summed E-state index contributed by atoms with van der Waals surface area (Å²) in [6.45, 7) is 1.99. The fraction of sp³-hybridized carbons (Fsp3) is 0.250. The van der Waals surface area contributed by atoms with Gasteiger partial charge in [0.05, 0.1) is 17.3 Å². The van der Waals surface area contributed by atoms with Crippen molar-refractivity contribution in [3.8, 4) is 5.75 Å². The van der Waals surface area contributed by atoms with Gasteiger partial charge in [-0.15, -0.1) is 0 Å². The molecule has 0 unspecified atom stereocenters. The van der Waals surface area contributed by atoms with Crippen molar-refractivity contribution in [3.05, 3.63) is 33.4 Å². The summed E-state index contributed by atoms with van der Waals surface area (Å²) in [6.07, 6.45) is 0. The molecule has 0 fully saturated rings. The highest BCUT2D eigenvalue weighted by molar-refractivity contribution is 6.32. The molecule has 0 aliphatic carbocycles. The fourth-order valence-corrected chi connectivity index (χ4v) is 1.12. The van der Waals surface area contributed by atoms with Crippen molar-refractivity contribution < 1.29 is 9.13 Å². The molecule has 0 atom stereocenters. The lowest BCUT2D eigenvalue weighted by atomic mass is 10.3. The van der Waals surface area contributed by atoms with Crippen LogP contribution in [0.5, 0.6) is 5.75 Å². The molecule has 0 radical (unpaired) electrons. The van der Waals surface area contributed by atoms with Crippen LogP contribution < -0.4 is 4.74 Å². The van der Waals surface area contributed by atoms with Gasteiger partial charge in [-0.25, -0.2) is 4.39 Å². The molecule has 0 aliphatic heterocycles. The predicted octanol–water partition coefficient (Wildman–Crippen LogP) is 3.82. The van der Waals surface area contributed by atoms with Gasteiger partial charge in [-0.1, -0.05) is 16.7 Å². The van der Waals surface area contributed by atoms with E-state index in [2.05, 4.69) is 10.0 Å². The SMILES string of the molecule is CCOc1c(Cl)ccc(N=[N+]=[N-])c1F. The van der Waals surface area contributed by atoms with E-state index in [9.17, 15) is 4.39 Å². The van der Waals surface area contributed by atoms with Crippen LogP contribution in [0.4, 0.5) is 10.1 Å². The van der Waals surface area contributed by atoms with Crippen molar-refractivity contribution in [2.45, 2.75) is 6.92 Å². The van der Waals surface area contributed by atoms with Crippen LogP contribution in [0.2, 0.25) is 5.02 Å². The van der Waals surface area contributed by atoms with Gasteiger partial charge in [0.1, 0.15) is 0 Å². The zero-order valence-electron chi connectivity index (χ0n) is 7.37. The van der Waals surface area contributed by atoms with E-state index in [1.165, 1.54) is 12.1 Å². The second kappa shape index (κ2) is 4.69. The Labute approximate surface area is 84.9 Å². The van der Waals surface area contributed by atoms with Gasteiger partial charge in [0.15, 0.2) is 11.6 Å². The van der Waals surface area contributed by atoms with Crippen molar-refractivity contribution in [1.29, 1.82) is 0 Å². The fourth-order valence-electron chi connectivity index (χ4n) is 0.924. The number of hydrogen-bond donors (Lipinski definition) is 0. The Morgan fingerprint density at radius 2 is 2.36 bits per heavy atom. The maximum Gasteiger partial charge on any atom is 0.176 e. The third-order valence-corrected chi connectivity index (χ3v) is 1.77. The quantitative estimate of drug-likeness (QED) is 0.430. The lowest BCUT2D eigenvalue weighted by molar-refractivity contribution is 0.322. The molecule has 0 saturated carbocycles. The Kier molecular flexibility index (Phi) is 3.56. The number of ether oxygens (including phenoxy) is 1. The Morgan fingerprint density at radius 3 is 2.93 bits per heavy atom. The molecule has 0 spiro atoms. The van der Waals surface area contributed by atoms with E-state index in [-0.39, 0.29) is 23.1 Å². The summed E-state index contributed by atoms with van der Waals surface area (Å²) in [6, 6.07) is 2.71. The van der Waals surface area contributed by atoms with E-state index in [4.69, 9.17) is 21.9 Å². The highest BCUT2D eigenvalue weighted by Gasteiger charge is 2.12. The summed E-state index contributed by atoms with van der Waals surface area (Å²) in [4.78, 5) is 2.48. The van der Waals surface area contributed by atoms with E-state index in [1.54, 1.807) is 6.92 Å². The minimum atomic E-state index is -0.739. The van der Waals surface area contributed by atoms with Crippen molar-refractivity contribution >= 4 is 17.3 Å². The third-order valence-electron chi connectivity index (χ3n) is 1.47. The van der Waals surface area contributed by atoms with Gasteiger partial charge < -0.3 is 4.74 Å². The third kappa shape index (κ3) is 2.07. The lowest BCUT2D eigenvalue weighted by Gasteiger charge is -2.07. The van der Waals surface area contributed by atoms with Crippen LogP contribution in [-0.2, 0) is 0 Å². The van der Waals surface area contributed by atoms with Gasteiger partial charge in [-0.3, -0.25) is 0 Å². The molecule has 0 amide bonds. The summed E-state index contributed by atoms with van der Waals surface area (Å²) in [5.41, 5.74) is 8.03. The zero-order valence-corrected chi connectivity index (χ0v) is 8.12. The van der Waals surface area contributed by atoms with Gasteiger partial charge >= 0.3 is 0 Å². The molecule has 1 aromatic carbocycles. The number of rotatable bonds is 3. The Bertz CT molecular complexity index is 390. The van der Waals surface area contributed by atoms with Crippen LogP contribution in [0.3, 0.4) is 0 Å². The molecular weight excluding hydrogens is 209 g/mol. The van der Waals surface area contributed by atoms with E-state index < -0.39 is 5.82 Å². The first kappa shape index (κ1) is 10.6. The summed E-state index contributed by atoms with van der Waals surface area (Å²) in [7, 11) is 0. The number of nitrogens with zero attached hydrogens (tertiary/aromatic N) is 3. The van der Waals surface area contributed by atoms with Crippen LogP contribution in [0.25, 0.3) is 10.4 Å². The normalized spacial score (nSPS) is 9.36. The Morgan fingerprint density at radius 1 is 1.64 bits per heavy atom. The van der Waals surface area contributed by atoms with Crippen LogP contribution in [0.1, 0.15) is 6.92 Å². The predicted molar refractivity (Wildman–Crippen MR) is 51.4 cm³/mol. The molecule has 0 bridgehead atoms. The van der Waals surface area contributed by atoms with Gasteiger partial charge in [0.25, 0.3) is 0 Å². The topological polar surface area (TPSA) is 58.0 Å². The van der Waals surface area contributed by atoms with Crippen LogP contribution >= 0.6 is 11.6 Å². The molecule has 0 aliphatic rings. The number of hydrogen-bond acceptors (Lipinski definition) is 2. The summed E-state index contributed by atoms with van der Waals surface area (Å²) >= 11 is 5.68. The zero-order chi connectivity index (χ0) is 10.6. The van der Waals surface area contributed by atoms with Crippen molar-refractivity contribution in [2.24, 2.45) is 5.11 Å². The minimum absolute atomic E-state index is 0.0842. The van der Waals surface area contributed by atoms with E-state index in [0.29, 0.717) is 0 Å². The molecule has 14 heavy (non-hydrogen) atoms. The van der Waals surface area contributed by atoms with Gasteiger partial charge in [0.2, 0.25) is 0 Å². The first-order chi connectivity index (χ1) is 6.70. The van der Waals surface area contributed by atoms with Crippen LogP contribution in [0, 0.1) is 5.82 Å². The van der Waals surface area contributed by atoms with Crippen LogP contribution in [0.15, 0.2) is 17.2 Å². The Hall–Kier alpha value is -1.45. The summed E-state index contributed by atoms with van der Waals surface area (Å²) in [5.74, 6) is -0.823. The lowest BCUT2D eigenvalue weighted by Crippen LogP contribution is -1.95. The van der Waals surface area contributed by atoms with E-state index in [1.807, 2.05) is 0 Å². The molecule has 74 valence electrons. The molecule has 0 aromatic heterocycles. The van der Waals surface area contributed by atoms with Gasteiger partial charge in [-0.2, -0.15) is 0 Å². The molecule has 6 heteroatoms. The number of halogens is 2. The largest absolute Gasteiger partial charge is 0.489 e. The molecular formula is C8H7ClFN3O. The molecule has 0 N–H and O–H groups in total. The molecule has 0 heterocycles. The average molecular weight is 216 g/mol. The van der Waals surface area contributed by atoms with Crippen molar-refractivity contribution in [2.75, 3.05) is 6.61 Å². The maximum absolute atomic E-state index is 13.4. The highest BCUT2D eigenvalue weighted by Crippen LogP contribution is 2.33. The summed E-state index contributed by atoms with van der Waals surface area (Å²) < 4.78 is 18.4. The Balaban J connectivity index is 3.25. The van der Waals surface area contributed by atoms with Gasteiger partial charge in [-0.05, 0) is 24.6 Å². The first-order valence-corrected chi connectivity index (χ1v) is 4.24. The second-order valence-corrected chi connectivity index (χ2v) is 2.74. The molecule has 1 rings (SSSR count). The second-order valence-electron chi connectivity index (χ2n) is 2.33. The summed E-state index contributed by atoms with van der Waals surface area (Å²) in [5, 5.41) is 3.31. The first-order valence-electron chi connectivity index (χ1n) is 3.86. The average Bonchev–Trinajstić information content (AvgIpc) is 2.17. The van der Waals surface area contributed by atoms with E-state index in [0.717, 1.165) is 0 Å².